The molecule has 3 aromatic rings. The van der Waals surface area contributed by atoms with Crippen molar-refractivity contribution in [1.29, 1.82) is 0 Å². The molecule has 2 amide bonds. The van der Waals surface area contributed by atoms with Crippen LogP contribution in [0.4, 0.5) is 16.2 Å². The summed E-state index contributed by atoms with van der Waals surface area (Å²) in [7, 11) is -8.25. The number of amides is 2. The fraction of sp³-hybridized carbons (Fsp3) is 0.0500. The van der Waals surface area contributed by atoms with E-state index < -0.39 is 26.1 Å². The normalized spacial score (nSPS) is 11.5. The van der Waals surface area contributed by atoms with Gasteiger partial charge in [0.05, 0.1) is 16.3 Å². The van der Waals surface area contributed by atoms with Crippen LogP contribution in [-0.2, 0) is 20.0 Å². The molecule has 0 aromatic heterocycles. The molecule has 0 aliphatic heterocycles. The van der Waals surface area contributed by atoms with Gasteiger partial charge < -0.3 is 5.32 Å². The highest BCUT2D eigenvalue weighted by molar-refractivity contribution is 7.93. The number of para-hydroxylation sites is 1. The molecule has 0 saturated heterocycles. The zero-order valence-electron chi connectivity index (χ0n) is 16.2. The smallest absolute Gasteiger partial charge is 0.306 e. The van der Waals surface area contributed by atoms with Gasteiger partial charge in [-0.2, -0.15) is 0 Å². The van der Waals surface area contributed by atoms with Gasteiger partial charge in [0.2, 0.25) is 0 Å². The molecule has 0 spiro atoms. The quantitative estimate of drug-likeness (QED) is 0.494. The van der Waals surface area contributed by atoms with Crippen molar-refractivity contribution in [2.45, 2.75) is 16.7 Å². The number of sulfonamides is 2. The zero-order chi connectivity index (χ0) is 22.6. The van der Waals surface area contributed by atoms with Crippen LogP contribution >= 0.6 is 11.6 Å². The van der Waals surface area contributed by atoms with Crippen molar-refractivity contribution in [2.24, 2.45) is 0 Å². The maximum Gasteiger partial charge on any atom is 0.333 e. The first kappa shape index (κ1) is 22.6. The second-order valence-corrected chi connectivity index (χ2v) is 10.3. The summed E-state index contributed by atoms with van der Waals surface area (Å²) in [5.74, 6) is 0. The molecule has 0 atom stereocenters. The van der Waals surface area contributed by atoms with E-state index in [0.29, 0.717) is 5.02 Å². The van der Waals surface area contributed by atoms with Gasteiger partial charge in [-0.05, 0) is 49.4 Å². The van der Waals surface area contributed by atoms with Crippen molar-refractivity contribution >= 4 is 49.1 Å². The summed E-state index contributed by atoms with van der Waals surface area (Å²) in [5, 5.41) is 2.62. The number of rotatable bonds is 6. The standard InChI is InChI=1S/C20H18ClN3O5S2/c1-14-9-11-17(12-10-14)30(26,27)24-20(25)22-18-7-2-3-8-19(18)31(28,29)23-16-6-4-5-15(21)13-16/h2-13,23H,1H3,(H2,22,24,25). The maximum atomic E-state index is 12.8. The summed E-state index contributed by atoms with van der Waals surface area (Å²) in [6, 6.07) is 16.5. The maximum absolute atomic E-state index is 12.8. The average molecular weight is 480 g/mol. The van der Waals surface area contributed by atoms with Crippen molar-refractivity contribution in [3.05, 3.63) is 83.4 Å². The molecule has 0 bridgehead atoms. The van der Waals surface area contributed by atoms with Crippen LogP contribution in [0.5, 0.6) is 0 Å². The molecule has 31 heavy (non-hydrogen) atoms. The fourth-order valence-corrected chi connectivity index (χ4v) is 4.92. The zero-order valence-corrected chi connectivity index (χ0v) is 18.6. The lowest BCUT2D eigenvalue weighted by Gasteiger charge is -2.14. The van der Waals surface area contributed by atoms with Crippen molar-refractivity contribution in [1.82, 2.24) is 4.72 Å². The van der Waals surface area contributed by atoms with E-state index in [4.69, 9.17) is 11.6 Å². The van der Waals surface area contributed by atoms with Crippen LogP contribution in [0.1, 0.15) is 5.56 Å². The van der Waals surface area contributed by atoms with Crippen molar-refractivity contribution < 1.29 is 21.6 Å². The van der Waals surface area contributed by atoms with Gasteiger partial charge in [-0.25, -0.2) is 26.4 Å². The third-order valence-corrected chi connectivity index (χ3v) is 7.08. The Morgan fingerprint density at radius 1 is 0.839 bits per heavy atom. The third-order valence-electron chi connectivity index (χ3n) is 4.06. The van der Waals surface area contributed by atoms with Gasteiger partial charge >= 0.3 is 6.03 Å². The minimum atomic E-state index is -4.14. The number of urea groups is 1. The predicted octanol–water partition coefficient (Wildman–Crippen LogP) is 3.96. The molecule has 0 fully saturated rings. The Hall–Kier alpha value is -3.08. The van der Waals surface area contributed by atoms with Gasteiger partial charge in [0, 0.05) is 5.02 Å². The molecule has 3 rings (SSSR count). The molecule has 8 nitrogen and oxygen atoms in total. The number of anilines is 2. The topological polar surface area (TPSA) is 121 Å². The Morgan fingerprint density at radius 3 is 2.19 bits per heavy atom. The number of nitrogens with one attached hydrogen (secondary N) is 3. The van der Waals surface area contributed by atoms with E-state index in [1.165, 1.54) is 48.5 Å². The summed E-state index contributed by atoms with van der Waals surface area (Å²) >= 11 is 5.88. The van der Waals surface area contributed by atoms with Crippen molar-refractivity contribution in [2.75, 3.05) is 10.0 Å². The number of carbonyl (C=O) groups is 1. The van der Waals surface area contributed by atoms with Gasteiger partial charge in [0.25, 0.3) is 20.0 Å². The monoisotopic (exact) mass is 479 g/mol. The largest absolute Gasteiger partial charge is 0.333 e. The van der Waals surface area contributed by atoms with E-state index >= 15 is 0 Å². The highest BCUT2D eigenvalue weighted by Crippen LogP contribution is 2.25. The molecule has 11 heteroatoms. The Bertz CT molecular complexity index is 1320. The van der Waals surface area contributed by atoms with Crippen LogP contribution in [0.2, 0.25) is 5.02 Å². The van der Waals surface area contributed by atoms with Crippen molar-refractivity contribution in [3.8, 4) is 0 Å². The summed E-state index contributed by atoms with van der Waals surface area (Å²) in [6.07, 6.45) is 0. The van der Waals surface area contributed by atoms with E-state index in [1.807, 2.05) is 4.72 Å². The first-order valence-electron chi connectivity index (χ1n) is 8.85. The Balaban J connectivity index is 1.81. The lowest BCUT2D eigenvalue weighted by molar-refractivity contribution is 0.256. The third kappa shape index (κ3) is 5.75. The van der Waals surface area contributed by atoms with Crippen LogP contribution in [-0.4, -0.2) is 22.9 Å². The van der Waals surface area contributed by atoms with Gasteiger partial charge in [-0.15, -0.1) is 0 Å². The van der Waals surface area contributed by atoms with Gasteiger partial charge in [-0.1, -0.05) is 47.5 Å². The molecule has 0 unspecified atom stereocenters. The van der Waals surface area contributed by atoms with Crippen molar-refractivity contribution in [3.63, 3.8) is 0 Å². The number of hydrogen-bond acceptors (Lipinski definition) is 5. The van der Waals surface area contributed by atoms with Crippen LogP contribution < -0.4 is 14.8 Å². The van der Waals surface area contributed by atoms with Crippen LogP contribution in [0.25, 0.3) is 0 Å². The first-order valence-corrected chi connectivity index (χ1v) is 12.2. The summed E-state index contributed by atoms with van der Waals surface area (Å²) in [6.45, 7) is 1.80. The highest BCUT2D eigenvalue weighted by Gasteiger charge is 2.22. The molecule has 0 heterocycles. The Kier molecular flexibility index (Phi) is 6.54. The average Bonchev–Trinajstić information content (AvgIpc) is 2.68. The molecule has 3 aromatic carbocycles. The first-order chi connectivity index (χ1) is 14.6. The number of halogens is 1. The lowest BCUT2D eigenvalue weighted by atomic mass is 10.2. The molecular formula is C20H18ClN3O5S2. The highest BCUT2D eigenvalue weighted by atomic mass is 35.5. The molecule has 162 valence electrons. The van der Waals surface area contributed by atoms with Crippen LogP contribution in [0, 0.1) is 6.92 Å². The fourth-order valence-electron chi connectivity index (χ4n) is 2.61. The number of aryl methyl sites for hydroxylation is 1. The predicted molar refractivity (Wildman–Crippen MR) is 119 cm³/mol. The number of benzene rings is 3. The van der Waals surface area contributed by atoms with Crippen LogP contribution in [0.15, 0.2) is 82.6 Å². The van der Waals surface area contributed by atoms with E-state index in [2.05, 4.69) is 10.0 Å². The number of hydrogen-bond donors (Lipinski definition) is 3. The molecule has 0 saturated carbocycles. The van der Waals surface area contributed by atoms with Gasteiger partial charge in [0.1, 0.15) is 4.90 Å². The second kappa shape index (κ2) is 8.96. The summed E-state index contributed by atoms with van der Waals surface area (Å²) in [5.41, 5.74) is 0.983. The van der Waals surface area contributed by atoms with Gasteiger partial charge in [0.15, 0.2) is 0 Å². The van der Waals surface area contributed by atoms with E-state index in [0.717, 1.165) is 5.56 Å². The molecular weight excluding hydrogens is 462 g/mol. The van der Waals surface area contributed by atoms with Crippen LogP contribution in [0.3, 0.4) is 0 Å². The molecule has 3 N–H and O–H groups in total. The SMILES string of the molecule is Cc1ccc(S(=O)(=O)NC(=O)Nc2ccccc2S(=O)(=O)Nc2cccc(Cl)c2)cc1. The van der Waals surface area contributed by atoms with Gasteiger partial charge in [-0.3, -0.25) is 4.72 Å². The lowest BCUT2D eigenvalue weighted by Crippen LogP contribution is -2.34. The second-order valence-electron chi connectivity index (χ2n) is 6.48. The van der Waals surface area contributed by atoms with E-state index in [-0.39, 0.29) is 21.2 Å². The van der Waals surface area contributed by atoms with E-state index in [1.54, 1.807) is 31.2 Å². The number of carbonyl (C=O) groups excluding carboxylic acids is 1. The molecule has 0 radical (unpaired) electrons. The Morgan fingerprint density at radius 2 is 1.52 bits per heavy atom. The minimum absolute atomic E-state index is 0.100. The van der Waals surface area contributed by atoms with E-state index in [9.17, 15) is 21.6 Å². The Labute approximate surface area is 185 Å². The minimum Gasteiger partial charge on any atom is -0.306 e. The summed E-state index contributed by atoms with van der Waals surface area (Å²) < 4.78 is 54.6. The summed E-state index contributed by atoms with van der Waals surface area (Å²) in [4.78, 5) is 12.0. The molecule has 0 aliphatic rings. The molecule has 0 aliphatic carbocycles.